The fourth-order valence-electron chi connectivity index (χ4n) is 2.18. The molecule has 0 saturated heterocycles. The van der Waals surface area contributed by atoms with Gasteiger partial charge in [-0.05, 0) is 19.8 Å². The molecule has 0 heterocycles. The van der Waals surface area contributed by atoms with Crippen molar-refractivity contribution >= 4 is 11.9 Å². The van der Waals surface area contributed by atoms with Gasteiger partial charge in [-0.15, -0.1) is 0 Å². The Hall–Kier alpha value is -1.06. The molecule has 0 aromatic heterocycles. The highest BCUT2D eigenvalue weighted by Gasteiger charge is 2.26. The van der Waals surface area contributed by atoms with Gasteiger partial charge in [-0.2, -0.15) is 0 Å². The third-order valence-electron chi connectivity index (χ3n) is 3.21. The van der Waals surface area contributed by atoms with E-state index in [0.717, 1.165) is 25.7 Å². The highest BCUT2D eigenvalue weighted by molar-refractivity contribution is 5.79. The van der Waals surface area contributed by atoms with Crippen molar-refractivity contribution in [3.63, 3.8) is 0 Å². The van der Waals surface area contributed by atoms with Gasteiger partial charge in [-0.3, -0.25) is 9.59 Å². The lowest BCUT2D eigenvalue weighted by molar-refractivity contribution is -0.142. The topological polar surface area (TPSA) is 46.6 Å². The first-order valence-corrected chi connectivity index (χ1v) is 6.04. The van der Waals surface area contributed by atoms with E-state index in [1.54, 1.807) is 4.90 Å². The summed E-state index contributed by atoms with van der Waals surface area (Å²) < 4.78 is 4.57. The van der Waals surface area contributed by atoms with Gasteiger partial charge >= 0.3 is 5.97 Å². The van der Waals surface area contributed by atoms with Crippen molar-refractivity contribution in [2.75, 3.05) is 20.2 Å². The molecule has 16 heavy (non-hydrogen) atoms. The van der Waals surface area contributed by atoms with E-state index in [0.29, 0.717) is 19.5 Å². The molecule has 1 fully saturated rings. The van der Waals surface area contributed by atoms with Crippen LogP contribution in [0, 0.1) is 5.92 Å². The highest BCUT2D eigenvalue weighted by atomic mass is 16.5. The first-order chi connectivity index (χ1) is 7.69. The summed E-state index contributed by atoms with van der Waals surface area (Å²) in [4.78, 5) is 24.8. The second kappa shape index (κ2) is 6.51. The van der Waals surface area contributed by atoms with Crippen molar-refractivity contribution in [3.8, 4) is 0 Å². The van der Waals surface area contributed by atoms with Gasteiger partial charge in [0, 0.05) is 19.0 Å². The van der Waals surface area contributed by atoms with Crippen molar-refractivity contribution in [1.82, 2.24) is 4.90 Å². The zero-order valence-electron chi connectivity index (χ0n) is 10.2. The molecular weight excluding hydrogens is 206 g/mol. The molecule has 0 unspecified atom stereocenters. The van der Waals surface area contributed by atoms with Crippen LogP contribution in [0.4, 0.5) is 0 Å². The zero-order chi connectivity index (χ0) is 12.0. The molecule has 4 heteroatoms. The number of nitrogens with zero attached hydrogens (tertiary/aromatic N) is 1. The molecule has 0 bridgehead atoms. The Morgan fingerprint density at radius 3 is 2.44 bits per heavy atom. The Bertz CT molecular complexity index is 247. The molecule has 1 rings (SSSR count). The van der Waals surface area contributed by atoms with E-state index < -0.39 is 0 Å². The summed E-state index contributed by atoms with van der Waals surface area (Å²) in [6, 6.07) is 0. The summed E-state index contributed by atoms with van der Waals surface area (Å²) >= 11 is 0. The lowest BCUT2D eigenvalue weighted by Crippen LogP contribution is -2.36. The van der Waals surface area contributed by atoms with E-state index in [4.69, 9.17) is 0 Å². The van der Waals surface area contributed by atoms with Gasteiger partial charge in [0.25, 0.3) is 0 Å². The molecule has 0 N–H and O–H groups in total. The maximum atomic E-state index is 12.1. The van der Waals surface area contributed by atoms with E-state index in [-0.39, 0.29) is 17.8 Å². The molecule has 1 aliphatic carbocycles. The van der Waals surface area contributed by atoms with Crippen LogP contribution in [0.1, 0.15) is 39.0 Å². The maximum absolute atomic E-state index is 12.1. The van der Waals surface area contributed by atoms with Gasteiger partial charge in [-0.25, -0.2) is 0 Å². The molecular formula is C12H21NO3. The minimum atomic E-state index is -0.252. The van der Waals surface area contributed by atoms with Crippen LogP contribution in [0.15, 0.2) is 0 Å². The number of hydrogen-bond acceptors (Lipinski definition) is 3. The van der Waals surface area contributed by atoms with Crippen LogP contribution in [0.25, 0.3) is 0 Å². The largest absolute Gasteiger partial charge is 0.469 e. The Kier molecular flexibility index (Phi) is 5.29. The molecule has 0 aromatic rings. The van der Waals surface area contributed by atoms with Gasteiger partial charge in [0.1, 0.15) is 0 Å². The number of ether oxygens (including phenoxy) is 1. The van der Waals surface area contributed by atoms with Gasteiger partial charge in [0.05, 0.1) is 13.5 Å². The van der Waals surface area contributed by atoms with Crippen LogP contribution in [-0.2, 0) is 14.3 Å². The Labute approximate surface area is 96.9 Å². The van der Waals surface area contributed by atoms with Crippen LogP contribution in [-0.4, -0.2) is 37.0 Å². The van der Waals surface area contributed by atoms with Crippen molar-refractivity contribution in [1.29, 1.82) is 0 Å². The molecule has 92 valence electrons. The minimum Gasteiger partial charge on any atom is -0.469 e. The average molecular weight is 227 g/mol. The molecule has 0 atom stereocenters. The van der Waals surface area contributed by atoms with Crippen LogP contribution >= 0.6 is 0 Å². The highest BCUT2D eigenvalue weighted by Crippen LogP contribution is 2.26. The van der Waals surface area contributed by atoms with Gasteiger partial charge in [0.15, 0.2) is 0 Å². The molecule has 0 aliphatic heterocycles. The predicted octanol–water partition coefficient (Wildman–Crippen LogP) is 1.59. The second-order valence-corrected chi connectivity index (χ2v) is 4.23. The first kappa shape index (κ1) is 13.0. The molecule has 4 nitrogen and oxygen atoms in total. The monoisotopic (exact) mass is 227 g/mol. The summed E-state index contributed by atoms with van der Waals surface area (Å²) in [5, 5.41) is 0. The van der Waals surface area contributed by atoms with Crippen LogP contribution in [0.5, 0.6) is 0 Å². The minimum absolute atomic E-state index is 0.192. The molecule has 0 aromatic carbocycles. The second-order valence-electron chi connectivity index (χ2n) is 4.23. The Morgan fingerprint density at radius 2 is 1.94 bits per heavy atom. The fourth-order valence-corrected chi connectivity index (χ4v) is 2.18. The molecule has 1 saturated carbocycles. The zero-order valence-corrected chi connectivity index (χ0v) is 10.2. The predicted molar refractivity (Wildman–Crippen MR) is 60.8 cm³/mol. The van der Waals surface area contributed by atoms with Crippen LogP contribution in [0.2, 0.25) is 0 Å². The summed E-state index contributed by atoms with van der Waals surface area (Å²) in [6.07, 6.45) is 4.62. The Morgan fingerprint density at radius 1 is 1.31 bits per heavy atom. The number of rotatable bonds is 5. The standard InChI is InChI=1S/C12H21NO3/c1-3-13(9-8-11(14)16-2)12(15)10-6-4-5-7-10/h10H,3-9H2,1-2H3. The van der Waals surface area contributed by atoms with E-state index >= 15 is 0 Å². The fraction of sp³-hybridized carbons (Fsp3) is 0.833. The number of esters is 1. The van der Waals surface area contributed by atoms with Gasteiger partial charge < -0.3 is 9.64 Å². The third-order valence-corrected chi connectivity index (χ3v) is 3.21. The van der Waals surface area contributed by atoms with Crippen molar-refractivity contribution in [2.24, 2.45) is 5.92 Å². The Balaban J connectivity index is 2.40. The number of amides is 1. The summed E-state index contributed by atoms with van der Waals surface area (Å²) in [7, 11) is 1.37. The van der Waals surface area contributed by atoms with Crippen LogP contribution < -0.4 is 0 Å². The van der Waals surface area contributed by atoms with Crippen molar-refractivity contribution in [3.05, 3.63) is 0 Å². The number of methoxy groups -OCH3 is 1. The normalized spacial score (nSPS) is 16.1. The lowest BCUT2D eigenvalue weighted by Gasteiger charge is -2.23. The SMILES string of the molecule is CCN(CCC(=O)OC)C(=O)C1CCCC1. The van der Waals surface area contributed by atoms with Gasteiger partial charge in [0.2, 0.25) is 5.91 Å². The number of carbonyl (C=O) groups is 2. The van der Waals surface area contributed by atoms with E-state index in [9.17, 15) is 9.59 Å². The molecule has 1 amide bonds. The van der Waals surface area contributed by atoms with E-state index in [1.807, 2.05) is 6.92 Å². The lowest BCUT2D eigenvalue weighted by atomic mass is 10.1. The quantitative estimate of drug-likeness (QED) is 0.670. The molecule has 1 aliphatic rings. The number of carbonyl (C=O) groups excluding carboxylic acids is 2. The summed E-state index contributed by atoms with van der Waals surface area (Å²) in [5.41, 5.74) is 0. The average Bonchev–Trinajstić information content (AvgIpc) is 2.82. The van der Waals surface area contributed by atoms with Gasteiger partial charge in [-0.1, -0.05) is 12.8 Å². The van der Waals surface area contributed by atoms with Crippen molar-refractivity contribution in [2.45, 2.75) is 39.0 Å². The first-order valence-electron chi connectivity index (χ1n) is 6.04. The van der Waals surface area contributed by atoms with Crippen molar-refractivity contribution < 1.29 is 14.3 Å². The summed E-state index contributed by atoms with van der Waals surface area (Å²) in [6.45, 7) is 3.11. The van der Waals surface area contributed by atoms with E-state index in [2.05, 4.69) is 4.74 Å². The molecule has 0 radical (unpaired) electrons. The molecule has 0 spiro atoms. The smallest absolute Gasteiger partial charge is 0.307 e. The van der Waals surface area contributed by atoms with E-state index in [1.165, 1.54) is 7.11 Å². The van der Waals surface area contributed by atoms with Crippen LogP contribution in [0.3, 0.4) is 0 Å². The third kappa shape index (κ3) is 3.51. The maximum Gasteiger partial charge on any atom is 0.307 e. The summed E-state index contributed by atoms with van der Waals surface area (Å²) in [5.74, 6) is 0.152. The number of hydrogen-bond donors (Lipinski definition) is 0.